The highest BCUT2D eigenvalue weighted by atomic mass is 19.1. The summed E-state index contributed by atoms with van der Waals surface area (Å²) in [6.45, 7) is 18.5. The lowest BCUT2D eigenvalue weighted by atomic mass is 9.54. The van der Waals surface area contributed by atoms with Gasteiger partial charge in [0.25, 0.3) is 0 Å². The summed E-state index contributed by atoms with van der Waals surface area (Å²) < 4.78 is 14.3. The molecule has 0 aromatic carbocycles. The molecule has 0 heterocycles. The normalized spacial score (nSPS) is 17.0. The van der Waals surface area contributed by atoms with E-state index in [-0.39, 0.29) is 10.8 Å². The Kier molecular flexibility index (Phi) is 4.05. The first kappa shape index (κ1) is 14.9. The number of halogens is 1. The molecule has 92 valence electrons. The molecule has 0 aromatic heterocycles. The maximum absolute atomic E-state index is 14.3. The summed E-state index contributed by atoms with van der Waals surface area (Å²) in [6.07, 6.45) is 0. The van der Waals surface area contributed by atoms with Crippen LogP contribution in [0.4, 0.5) is 4.39 Å². The third kappa shape index (κ3) is 2.54. The highest BCUT2D eigenvalue weighted by Gasteiger charge is 2.51. The van der Waals surface area contributed by atoms with Crippen molar-refractivity contribution >= 4 is 0 Å². The van der Waals surface area contributed by atoms with Gasteiger partial charge in [0.05, 0.1) is 0 Å². The molecule has 0 aromatic rings. The van der Waals surface area contributed by atoms with E-state index >= 15 is 0 Å². The van der Waals surface area contributed by atoms with Crippen molar-refractivity contribution in [2.24, 2.45) is 22.7 Å². The molecule has 0 spiro atoms. The second-order valence-corrected chi connectivity index (χ2v) is 6.85. The fraction of sp³-hybridized carbons (Fsp3) is 1.00. The van der Waals surface area contributed by atoms with Gasteiger partial charge in [-0.25, -0.2) is 4.39 Å². The molecule has 0 aliphatic heterocycles. The fourth-order valence-corrected chi connectivity index (χ4v) is 2.17. The van der Waals surface area contributed by atoms with Crippen molar-refractivity contribution in [2.75, 3.05) is 0 Å². The molecule has 1 atom stereocenters. The molecule has 1 unspecified atom stereocenters. The molecule has 0 aliphatic carbocycles. The zero-order valence-electron chi connectivity index (χ0n) is 12.0. The molecule has 0 radical (unpaired) electrons. The number of hydrogen-bond donors (Lipinski definition) is 0. The van der Waals surface area contributed by atoms with Gasteiger partial charge in [0.2, 0.25) is 0 Å². The second-order valence-electron chi connectivity index (χ2n) is 6.85. The summed E-state index contributed by atoms with van der Waals surface area (Å²) in [4.78, 5) is 0. The van der Waals surface area contributed by atoms with Gasteiger partial charge < -0.3 is 0 Å². The van der Waals surface area contributed by atoms with E-state index in [9.17, 15) is 4.39 Å². The lowest BCUT2D eigenvalue weighted by molar-refractivity contribution is -0.0813. The van der Waals surface area contributed by atoms with Crippen LogP contribution in [-0.2, 0) is 0 Å². The van der Waals surface area contributed by atoms with E-state index in [2.05, 4.69) is 34.6 Å². The number of rotatable bonds is 4. The van der Waals surface area contributed by atoms with Crippen molar-refractivity contribution in [3.8, 4) is 0 Å². The first-order valence-electron chi connectivity index (χ1n) is 6.04. The first-order chi connectivity index (χ1) is 6.35. The lowest BCUT2D eigenvalue weighted by Gasteiger charge is -2.52. The van der Waals surface area contributed by atoms with Gasteiger partial charge in [-0.1, -0.05) is 48.5 Å². The zero-order valence-corrected chi connectivity index (χ0v) is 12.0. The first-order valence-corrected chi connectivity index (χ1v) is 6.04. The molecule has 0 rings (SSSR count). The summed E-state index contributed by atoms with van der Waals surface area (Å²) in [5.41, 5.74) is -1.50. The van der Waals surface area contributed by atoms with Gasteiger partial charge in [0, 0.05) is 5.41 Å². The van der Waals surface area contributed by atoms with Crippen LogP contribution in [0.2, 0.25) is 0 Å². The van der Waals surface area contributed by atoms with Gasteiger partial charge in [-0.05, 0) is 31.1 Å². The molecule has 0 aliphatic rings. The van der Waals surface area contributed by atoms with Gasteiger partial charge in [-0.3, -0.25) is 0 Å². The van der Waals surface area contributed by atoms with Gasteiger partial charge >= 0.3 is 0 Å². The van der Waals surface area contributed by atoms with E-state index in [1.54, 1.807) is 13.8 Å². The third-order valence-electron chi connectivity index (χ3n) is 5.24. The van der Waals surface area contributed by atoms with E-state index in [4.69, 9.17) is 0 Å². The van der Waals surface area contributed by atoms with E-state index in [0.717, 1.165) is 0 Å². The van der Waals surface area contributed by atoms with Crippen LogP contribution in [0.3, 0.4) is 0 Å². The van der Waals surface area contributed by atoms with Crippen LogP contribution >= 0.6 is 0 Å². The molecule has 0 N–H and O–H groups in total. The minimum Gasteiger partial charge on any atom is -0.244 e. The molecule has 0 amide bonds. The zero-order chi connectivity index (χ0) is 12.7. The molecule has 0 fully saturated rings. The summed E-state index contributed by atoms with van der Waals surface area (Å²) >= 11 is 0. The summed E-state index contributed by atoms with van der Waals surface area (Å²) in [6, 6.07) is 0. The SMILES string of the molecule is CC(C)C(C)C(C)(C)C(C)(C)C(C)(C)F. The molecule has 1 heteroatoms. The van der Waals surface area contributed by atoms with Gasteiger partial charge in [0.1, 0.15) is 5.67 Å². The molecule has 0 bridgehead atoms. The molecular formula is C14H29F. The maximum Gasteiger partial charge on any atom is 0.111 e. The van der Waals surface area contributed by atoms with Crippen molar-refractivity contribution < 1.29 is 4.39 Å². The van der Waals surface area contributed by atoms with Crippen LogP contribution in [-0.4, -0.2) is 5.67 Å². The topological polar surface area (TPSA) is 0 Å². The monoisotopic (exact) mass is 216 g/mol. The number of alkyl halides is 1. The Morgan fingerprint density at radius 1 is 0.800 bits per heavy atom. The van der Waals surface area contributed by atoms with Gasteiger partial charge in [0.15, 0.2) is 0 Å². The Morgan fingerprint density at radius 3 is 1.33 bits per heavy atom. The van der Waals surface area contributed by atoms with Crippen LogP contribution in [0, 0.1) is 22.7 Å². The van der Waals surface area contributed by atoms with Crippen LogP contribution in [0.1, 0.15) is 62.3 Å². The van der Waals surface area contributed by atoms with Gasteiger partial charge in [-0.15, -0.1) is 0 Å². The predicted molar refractivity (Wildman–Crippen MR) is 66.8 cm³/mol. The van der Waals surface area contributed by atoms with Crippen LogP contribution in [0.25, 0.3) is 0 Å². The van der Waals surface area contributed by atoms with Crippen LogP contribution < -0.4 is 0 Å². The highest BCUT2D eigenvalue weighted by molar-refractivity contribution is 4.99. The Hall–Kier alpha value is -0.0700. The summed E-state index contributed by atoms with van der Waals surface area (Å²) in [5.74, 6) is 1.09. The van der Waals surface area contributed by atoms with Gasteiger partial charge in [-0.2, -0.15) is 0 Å². The molecule has 0 saturated heterocycles. The maximum atomic E-state index is 14.3. The third-order valence-corrected chi connectivity index (χ3v) is 5.24. The smallest absolute Gasteiger partial charge is 0.111 e. The Bertz CT molecular complexity index is 206. The standard InChI is InChI=1S/C14H29F/c1-10(2)11(3)12(4,5)13(6,7)14(8,9)15/h10-11H,1-9H3. The summed E-state index contributed by atoms with van der Waals surface area (Å²) in [5, 5.41) is 0. The molecule has 15 heavy (non-hydrogen) atoms. The molecular weight excluding hydrogens is 187 g/mol. The fourth-order valence-electron chi connectivity index (χ4n) is 2.17. The largest absolute Gasteiger partial charge is 0.244 e. The lowest BCUT2D eigenvalue weighted by Crippen LogP contribution is -2.50. The Morgan fingerprint density at radius 2 is 1.13 bits per heavy atom. The van der Waals surface area contributed by atoms with Crippen molar-refractivity contribution in [1.82, 2.24) is 0 Å². The Balaban J connectivity index is 5.19. The predicted octanol–water partition coefficient (Wildman–Crippen LogP) is 5.08. The minimum absolute atomic E-state index is 0.0145. The molecule has 0 saturated carbocycles. The van der Waals surface area contributed by atoms with Crippen LogP contribution in [0.5, 0.6) is 0 Å². The van der Waals surface area contributed by atoms with Crippen LogP contribution in [0.15, 0.2) is 0 Å². The minimum atomic E-state index is -1.15. The van der Waals surface area contributed by atoms with Crippen molar-refractivity contribution in [1.29, 1.82) is 0 Å². The average Bonchev–Trinajstić information content (AvgIpc) is 2.00. The van der Waals surface area contributed by atoms with E-state index in [1.165, 1.54) is 0 Å². The number of hydrogen-bond acceptors (Lipinski definition) is 0. The van der Waals surface area contributed by atoms with Crippen molar-refractivity contribution in [3.63, 3.8) is 0 Å². The van der Waals surface area contributed by atoms with Crippen molar-refractivity contribution in [3.05, 3.63) is 0 Å². The van der Waals surface area contributed by atoms with E-state index in [1.807, 2.05) is 13.8 Å². The average molecular weight is 216 g/mol. The quantitative estimate of drug-likeness (QED) is 0.615. The second kappa shape index (κ2) is 4.07. The Labute approximate surface area is 95.6 Å². The molecule has 0 nitrogen and oxygen atoms in total. The van der Waals surface area contributed by atoms with E-state index < -0.39 is 5.67 Å². The summed E-state index contributed by atoms with van der Waals surface area (Å²) in [7, 11) is 0. The highest BCUT2D eigenvalue weighted by Crippen LogP contribution is 2.53. The van der Waals surface area contributed by atoms with E-state index in [0.29, 0.717) is 11.8 Å². The van der Waals surface area contributed by atoms with Crippen molar-refractivity contribution in [2.45, 2.75) is 68.0 Å².